The number of hydrogen-bond donors (Lipinski definition) is 1. The lowest BCUT2D eigenvalue weighted by molar-refractivity contribution is -0.138. The number of piperazine rings is 1. The Labute approximate surface area is 112 Å². The number of thioether (sulfide) groups is 1. The van der Waals surface area contributed by atoms with Gasteiger partial charge in [0.2, 0.25) is 11.8 Å². The van der Waals surface area contributed by atoms with Crippen LogP contribution < -0.4 is 5.32 Å². The maximum absolute atomic E-state index is 11.9. The normalized spacial score (nSPS) is 24.8. The van der Waals surface area contributed by atoms with E-state index in [1.165, 1.54) is 0 Å². The van der Waals surface area contributed by atoms with Crippen molar-refractivity contribution in [2.75, 3.05) is 37.8 Å². The lowest BCUT2D eigenvalue weighted by atomic mass is 10.2. The smallest absolute Gasteiger partial charge is 0.242 e. The summed E-state index contributed by atoms with van der Waals surface area (Å²) < 4.78 is 0. The largest absolute Gasteiger partial charge is 0.338 e. The molecule has 17 heavy (non-hydrogen) atoms. The molecule has 0 aromatic heterocycles. The van der Waals surface area contributed by atoms with E-state index >= 15 is 0 Å². The number of carbonyl (C=O) groups is 2. The molecule has 2 amide bonds. The fraction of sp³-hybridized carbons (Fsp3) is 0.800. The summed E-state index contributed by atoms with van der Waals surface area (Å²) in [4.78, 5) is 26.8. The monoisotopic (exact) mass is 279 g/mol. The summed E-state index contributed by atoms with van der Waals surface area (Å²) in [6.07, 6.45) is 0. The molecular weight excluding hydrogens is 262 g/mol. The van der Waals surface area contributed by atoms with Crippen molar-refractivity contribution in [1.29, 1.82) is 0 Å². The fourth-order valence-corrected chi connectivity index (χ4v) is 2.87. The molecule has 0 aromatic rings. The highest BCUT2D eigenvalue weighted by Crippen LogP contribution is 2.14. The number of halogens is 1. The maximum Gasteiger partial charge on any atom is 0.242 e. The van der Waals surface area contributed by atoms with Crippen LogP contribution in [0.25, 0.3) is 0 Å². The average Bonchev–Trinajstić information content (AvgIpc) is 2.64. The van der Waals surface area contributed by atoms with Gasteiger partial charge in [-0.05, 0) is 6.92 Å². The molecule has 0 bridgehead atoms. The van der Waals surface area contributed by atoms with Crippen LogP contribution in [0.1, 0.15) is 6.92 Å². The van der Waals surface area contributed by atoms with Gasteiger partial charge in [-0.15, -0.1) is 24.2 Å². The lowest BCUT2D eigenvalue weighted by Crippen LogP contribution is -2.53. The van der Waals surface area contributed by atoms with Crippen molar-refractivity contribution < 1.29 is 9.59 Å². The Morgan fingerprint density at radius 2 is 2.35 bits per heavy atom. The highest BCUT2D eigenvalue weighted by atomic mass is 35.5. The number of nitrogens with zero attached hydrogens (tertiary/aromatic N) is 2. The van der Waals surface area contributed by atoms with E-state index in [1.807, 2.05) is 4.90 Å². The Balaban J connectivity index is 0.00000144. The maximum atomic E-state index is 11.9. The Kier molecular flexibility index (Phi) is 5.55. The van der Waals surface area contributed by atoms with Crippen LogP contribution >= 0.6 is 24.2 Å². The first-order valence-corrected chi connectivity index (χ1v) is 6.69. The van der Waals surface area contributed by atoms with Gasteiger partial charge < -0.3 is 15.1 Å². The summed E-state index contributed by atoms with van der Waals surface area (Å²) in [7, 11) is 0. The number of amides is 2. The Morgan fingerprint density at radius 3 is 2.94 bits per heavy atom. The van der Waals surface area contributed by atoms with Gasteiger partial charge in [-0.1, -0.05) is 0 Å². The summed E-state index contributed by atoms with van der Waals surface area (Å²) in [6, 6.07) is 0.348. The van der Waals surface area contributed by atoms with Gasteiger partial charge in [-0.25, -0.2) is 0 Å². The third-order valence-electron chi connectivity index (χ3n) is 2.87. The number of rotatable bonds is 2. The van der Waals surface area contributed by atoms with Gasteiger partial charge >= 0.3 is 0 Å². The molecule has 2 saturated heterocycles. The molecule has 1 unspecified atom stereocenters. The Morgan fingerprint density at radius 1 is 1.59 bits per heavy atom. The van der Waals surface area contributed by atoms with Crippen molar-refractivity contribution in [3.8, 4) is 0 Å². The molecule has 2 heterocycles. The van der Waals surface area contributed by atoms with Crippen LogP contribution in [-0.2, 0) is 9.59 Å². The molecule has 2 fully saturated rings. The summed E-state index contributed by atoms with van der Waals surface area (Å²) >= 11 is 1.57. The van der Waals surface area contributed by atoms with Crippen LogP contribution in [0.2, 0.25) is 0 Å². The van der Waals surface area contributed by atoms with Crippen molar-refractivity contribution in [2.45, 2.75) is 13.0 Å². The molecular formula is C10H18ClN3O2S. The summed E-state index contributed by atoms with van der Waals surface area (Å²) in [5.74, 6) is 1.34. The summed E-state index contributed by atoms with van der Waals surface area (Å²) in [5, 5.41) is 3.29. The first kappa shape index (κ1) is 14.6. The van der Waals surface area contributed by atoms with Gasteiger partial charge in [-0.3, -0.25) is 9.59 Å². The van der Waals surface area contributed by atoms with E-state index in [1.54, 1.807) is 16.7 Å². The highest BCUT2D eigenvalue weighted by molar-refractivity contribution is 8.00. The van der Waals surface area contributed by atoms with Crippen molar-refractivity contribution in [2.24, 2.45) is 0 Å². The molecule has 5 nitrogen and oxygen atoms in total. The summed E-state index contributed by atoms with van der Waals surface area (Å²) in [5.41, 5.74) is 0. The van der Waals surface area contributed by atoms with E-state index in [-0.39, 0.29) is 30.8 Å². The molecule has 2 aliphatic rings. The summed E-state index contributed by atoms with van der Waals surface area (Å²) in [6.45, 7) is 4.65. The molecule has 2 aliphatic heterocycles. The molecule has 0 spiro atoms. The third kappa shape index (κ3) is 3.76. The number of carbonyl (C=O) groups excluding carboxylic acids is 2. The number of hydrogen-bond acceptors (Lipinski definition) is 4. The van der Waals surface area contributed by atoms with Gasteiger partial charge in [0.15, 0.2) is 0 Å². The van der Waals surface area contributed by atoms with Crippen LogP contribution in [0.5, 0.6) is 0 Å². The third-order valence-corrected chi connectivity index (χ3v) is 3.82. The van der Waals surface area contributed by atoms with Gasteiger partial charge in [0.05, 0.1) is 11.6 Å². The van der Waals surface area contributed by atoms with Crippen molar-refractivity contribution in [1.82, 2.24) is 15.1 Å². The fourth-order valence-electron chi connectivity index (χ4n) is 1.96. The zero-order valence-corrected chi connectivity index (χ0v) is 11.5. The molecule has 0 radical (unpaired) electrons. The minimum Gasteiger partial charge on any atom is -0.338 e. The lowest BCUT2D eigenvalue weighted by Gasteiger charge is -2.32. The zero-order valence-electron chi connectivity index (χ0n) is 9.85. The molecule has 98 valence electrons. The second-order valence-electron chi connectivity index (χ2n) is 4.26. The Bertz CT molecular complexity index is 303. The number of nitrogens with one attached hydrogen (secondary N) is 1. The van der Waals surface area contributed by atoms with Crippen LogP contribution in [0.3, 0.4) is 0 Å². The molecule has 0 saturated carbocycles. The molecule has 1 N–H and O–H groups in total. The van der Waals surface area contributed by atoms with Crippen LogP contribution in [-0.4, -0.2) is 65.5 Å². The average molecular weight is 280 g/mol. The van der Waals surface area contributed by atoms with E-state index in [0.717, 1.165) is 19.6 Å². The molecule has 1 atom stereocenters. The SMILES string of the molecule is CC1CN(C(=O)CN2CSCC2=O)CCN1.Cl. The Hall–Kier alpha value is -0.460. The quantitative estimate of drug-likeness (QED) is 0.758. The van der Waals surface area contributed by atoms with Crippen LogP contribution in [0.4, 0.5) is 0 Å². The van der Waals surface area contributed by atoms with E-state index in [2.05, 4.69) is 12.2 Å². The van der Waals surface area contributed by atoms with Gasteiger partial charge in [0.25, 0.3) is 0 Å². The second kappa shape index (κ2) is 6.47. The molecule has 2 rings (SSSR count). The predicted octanol–water partition coefficient (Wildman–Crippen LogP) is -0.239. The van der Waals surface area contributed by atoms with Gasteiger partial charge in [0, 0.05) is 25.7 Å². The van der Waals surface area contributed by atoms with Gasteiger partial charge in [0.1, 0.15) is 6.54 Å². The molecule has 7 heteroatoms. The molecule has 0 aliphatic carbocycles. The highest BCUT2D eigenvalue weighted by Gasteiger charge is 2.26. The topological polar surface area (TPSA) is 52.7 Å². The van der Waals surface area contributed by atoms with Crippen LogP contribution in [0, 0.1) is 0 Å². The minimum atomic E-state index is 0. The predicted molar refractivity (Wildman–Crippen MR) is 70.3 cm³/mol. The van der Waals surface area contributed by atoms with E-state index < -0.39 is 0 Å². The van der Waals surface area contributed by atoms with E-state index in [0.29, 0.717) is 17.7 Å². The van der Waals surface area contributed by atoms with Crippen molar-refractivity contribution in [3.05, 3.63) is 0 Å². The van der Waals surface area contributed by atoms with Crippen LogP contribution in [0.15, 0.2) is 0 Å². The van der Waals surface area contributed by atoms with Gasteiger partial charge in [-0.2, -0.15) is 0 Å². The standard InChI is InChI=1S/C10H17N3O2S.ClH/c1-8-4-12(3-2-11-8)9(14)5-13-7-16-6-10(13)15;/h8,11H,2-7H2,1H3;1H. The van der Waals surface area contributed by atoms with E-state index in [4.69, 9.17) is 0 Å². The minimum absolute atomic E-state index is 0. The van der Waals surface area contributed by atoms with Crippen molar-refractivity contribution >= 4 is 36.0 Å². The molecule has 0 aromatic carbocycles. The van der Waals surface area contributed by atoms with Crippen molar-refractivity contribution in [3.63, 3.8) is 0 Å². The zero-order chi connectivity index (χ0) is 11.5. The first-order chi connectivity index (χ1) is 7.66. The first-order valence-electron chi connectivity index (χ1n) is 5.53. The van der Waals surface area contributed by atoms with E-state index in [9.17, 15) is 9.59 Å². The second-order valence-corrected chi connectivity index (χ2v) is 5.22.